The predicted octanol–water partition coefficient (Wildman–Crippen LogP) is 3.75. The van der Waals surface area contributed by atoms with E-state index in [-0.39, 0.29) is 24.0 Å². The third-order valence-electron chi connectivity index (χ3n) is 4.86. The van der Waals surface area contributed by atoms with Gasteiger partial charge in [0, 0.05) is 45.3 Å². The van der Waals surface area contributed by atoms with Gasteiger partial charge in [0.2, 0.25) is 0 Å². The molecule has 4 rings (SSSR count). The van der Waals surface area contributed by atoms with Crippen LogP contribution in [0.25, 0.3) is 11.4 Å². The van der Waals surface area contributed by atoms with Crippen molar-refractivity contribution in [2.75, 3.05) is 20.1 Å². The minimum Gasteiger partial charge on any atom is -0.352 e. The van der Waals surface area contributed by atoms with Crippen LogP contribution in [0.15, 0.2) is 78.2 Å². The Morgan fingerprint density at radius 2 is 2.00 bits per heavy atom. The Morgan fingerprint density at radius 3 is 2.69 bits per heavy atom. The fourth-order valence-electron chi connectivity index (χ4n) is 3.39. The van der Waals surface area contributed by atoms with E-state index in [2.05, 4.69) is 61.7 Å². The Kier molecular flexibility index (Phi) is 7.40. The Balaban J connectivity index is 0.00000240. The largest absolute Gasteiger partial charge is 0.352 e. The quantitative estimate of drug-likeness (QED) is 0.337. The highest BCUT2D eigenvalue weighted by Crippen LogP contribution is 2.22. The summed E-state index contributed by atoms with van der Waals surface area (Å²) in [4.78, 5) is 11.1. The molecule has 0 radical (unpaired) electrons. The first-order valence-corrected chi connectivity index (χ1v) is 9.48. The number of aromatic nitrogens is 3. The first-order chi connectivity index (χ1) is 13.8. The molecule has 0 saturated carbocycles. The van der Waals surface area contributed by atoms with E-state index in [0.29, 0.717) is 6.54 Å². The molecule has 0 saturated heterocycles. The number of hydrogen-bond acceptors (Lipinski definition) is 3. The molecule has 1 aliphatic rings. The second kappa shape index (κ2) is 10.2. The van der Waals surface area contributed by atoms with Gasteiger partial charge in [-0.1, -0.05) is 36.4 Å². The summed E-state index contributed by atoms with van der Waals surface area (Å²) >= 11 is 0. The van der Waals surface area contributed by atoms with Crippen molar-refractivity contribution in [2.45, 2.75) is 13.0 Å². The lowest BCUT2D eigenvalue weighted by atomic mass is 10.00. The number of nitrogens with one attached hydrogen (secondary N) is 1. The van der Waals surface area contributed by atoms with Crippen LogP contribution in [-0.4, -0.2) is 45.8 Å². The van der Waals surface area contributed by atoms with Crippen molar-refractivity contribution in [1.82, 2.24) is 25.0 Å². The van der Waals surface area contributed by atoms with Crippen molar-refractivity contribution in [1.29, 1.82) is 0 Å². The highest BCUT2D eigenvalue weighted by Gasteiger charge is 2.16. The van der Waals surface area contributed by atoms with E-state index in [4.69, 9.17) is 0 Å². The average Bonchev–Trinajstić information content (AvgIpc) is 3.31. The third-order valence-corrected chi connectivity index (χ3v) is 4.86. The molecule has 3 heterocycles. The molecule has 7 heteroatoms. The van der Waals surface area contributed by atoms with E-state index in [0.717, 1.165) is 36.9 Å². The molecule has 0 spiro atoms. The third kappa shape index (κ3) is 5.23. The predicted molar refractivity (Wildman–Crippen MR) is 128 cm³/mol. The number of guanidine groups is 1. The Morgan fingerprint density at radius 1 is 1.14 bits per heavy atom. The number of rotatable bonds is 4. The van der Waals surface area contributed by atoms with Crippen LogP contribution in [0.4, 0.5) is 0 Å². The van der Waals surface area contributed by atoms with Crippen molar-refractivity contribution < 1.29 is 0 Å². The van der Waals surface area contributed by atoms with Gasteiger partial charge in [-0.2, -0.15) is 5.10 Å². The lowest BCUT2D eigenvalue weighted by molar-refractivity contribution is 0.440. The molecule has 1 aromatic carbocycles. The van der Waals surface area contributed by atoms with Crippen LogP contribution < -0.4 is 5.32 Å². The molecule has 6 nitrogen and oxygen atoms in total. The summed E-state index contributed by atoms with van der Waals surface area (Å²) in [7, 11) is 1.83. The number of halogens is 1. The van der Waals surface area contributed by atoms with Gasteiger partial charge >= 0.3 is 0 Å². The van der Waals surface area contributed by atoms with Crippen LogP contribution in [0, 0.1) is 0 Å². The van der Waals surface area contributed by atoms with Gasteiger partial charge in [-0.25, -0.2) is 9.67 Å². The average molecular weight is 500 g/mol. The van der Waals surface area contributed by atoms with E-state index in [1.807, 2.05) is 37.6 Å². The molecular weight excluding hydrogens is 475 g/mol. The van der Waals surface area contributed by atoms with E-state index in [9.17, 15) is 0 Å². The van der Waals surface area contributed by atoms with E-state index >= 15 is 0 Å². The molecule has 0 unspecified atom stereocenters. The minimum atomic E-state index is 0. The summed E-state index contributed by atoms with van der Waals surface area (Å²) < 4.78 is 1.76. The van der Waals surface area contributed by atoms with Crippen molar-refractivity contribution in [3.63, 3.8) is 0 Å². The summed E-state index contributed by atoms with van der Waals surface area (Å²) in [5.41, 5.74) is 3.86. The number of pyridine rings is 1. The van der Waals surface area contributed by atoms with Gasteiger partial charge in [-0.05, 0) is 41.3 Å². The van der Waals surface area contributed by atoms with Crippen LogP contribution in [0.1, 0.15) is 17.5 Å². The molecule has 150 valence electrons. The molecular formula is C22H25IN6. The van der Waals surface area contributed by atoms with Gasteiger partial charge < -0.3 is 10.2 Å². The van der Waals surface area contributed by atoms with Crippen LogP contribution in [0.2, 0.25) is 0 Å². The first-order valence-electron chi connectivity index (χ1n) is 9.48. The Bertz CT molecular complexity index is 966. The van der Waals surface area contributed by atoms with E-state index < -0.39 is 0 Å². The van der Waals surface area contributed by atoms with E-state index in [1.165, 1.54) is 11.1 Å². The lowest BCUT2D eigenvalue weighted by Crippen LogP contribution is -2.43. The minimum absolute atomic E-state index is 0. The number of hydrogen-bond donors (Lipinski definition) is 1. The van der Waals surface area contributed by atoms with Crippen LogP contribution in [0.3, 0.4) is 0 Å². The van der Waals surface area contributed by atoms with Gasteiger partial charge in [-0.15, -0.1) is 24.0 Å². The highest BCUT2D eigenvalue weighted by molar-refractivity contribution is 14.0. The Hall–Kier alpha value is -2.68. The highest BCUT2D eigenvalue weighted by atomic mass is 127. The molecule has 0 amide bonds. The summed E-state index contributed by atoms with van der Waals surface area (Å²) in [6.45, 7) is 2.50. The Labute approximate surface area is 188 Å². The van der Waals surface area contributed by atoms with Crippen molar-refractivity contribution in [2.24, 2.45) is 4.99 Å². The fourth-order valence-corrected chi connectivity index (χ4v) is 3.39. The monoisotopic (exact) mass is 500 g/mol. The summed E-state index contributed by atoms with van der Waals surface area (Å²) in [5.74, 6) is 1.73. The van der Waals surface area contributed by atoms with Crippen molar-refractivity contribution >= 4 is 35.5 Å². The van der Waals surface area contributed by atoms with Gasteiger partial charge in [0.05, 0.1) is 0 Å². The SMILES string of the molecule is CN=C(NCc1ccnc(-n2cccn2)c1)N1CC=C(c2ccccc2)CC1.I. The molecule has 0 atom stereocenters. The summed E-state index contributed by atoms with van der Waals surface area (Å²) in [6, 6.07) is 16.5. The molecule has 0 aliphatic carbocycles. The number of nitrogens with zero attached hydrogens (tertiary/aromatic N) is 5. The van der Waals surface area contributed by atoms with Crippen molar-refractivity contribution in [3.05, 3.63) is 84.3 Å². The van der Waals surface area contributed by atoms with Gasteiger partial charge in [0.25, 0.3) is 0 Å². The topological polar surface area (TPSA) is 58.3 Å². The van der Waals surface area contributed by atoms with Crippen molar-refractivity contribution in [3.8, 4) is 5.82 Å². The lowest BCUT2D eigenvalue weighted by Gasteiger charge is -2.29. The van der Waals surface area contributed by atoms with Crippen LogP contribution in [-0.2, 0) is 6.54 Å². The fraction of sp³-hybridized carbons (Fsp3) is 0.227. The van der Waals surface area contributed by atoms with Crippen LogP contribution in [0.5, 0.6) is 0 Å². The number of benzene rings is 1. The zero-order valence-corrected chi connectivity index (χ0v) is 18.7. The normalized spacial score (nSPS) is 14.2. The standard InChI is InChI=1S/C22H24N6.HI/c1-23-22(27-14-9-20(10-15-27)19-6-3-2-4-7-19)25-17-18-8-12-24-21(16-18)28-13-5-11-26-28;/h2-9,11-13,16H,10,14-15,17H2,1H3,(H,23,25);1H. The molecule has 0 bridgehead atoms. The smallest absolute Gasteiger partial charge is 0.194 e. The zero-order valence-electron chi connectivity index (χ0n) is 16.4. The first kappa shape index (κ1) is 21.0. The van der Waals surface area contributed by atoms with Crippen LogP contribution >= 0.6 is 24.0 Å². The second-order valence-electron chi connectivity index (χ2n) is 6.67. The summed E-state index contributed by atoms with van der Waals surface area (Å²) in [6.07, 6.45) is 8.77. The maximum absolute atomic E-state index is 4.47. The van der Waals surface area contributed by atoms with Gasteiger partial charge in [-0.3, -0.25) is 4.99 Å². The number of aliphatic imine (C=N–C) groups is 1. The molecule has 29 heavy (non-hydrogen) atoms. The maximum atomic E-state index is 4.47. The molecule has 0 fully saturated rings. The van der Waals surface area contributed by atoms with Gasteiger partial charge in [0.1, 0.15) is 0 Å². The molecule has 3 aromatic rings. The molecule has 1 aliphatic heterocycles. The van der Waals surface area contributed by atoms with Gasteiger partial charge in [0.15, 0.2) is 11.8 Å². The molecule has 2 aromatic heterocycles. The maximum Gasteiger partial charge on any atom is 0.194 e. The summed E-state index contributed by atoms with van der Waals surface area (Å²) in [5, 5.41) is 7.71. The van der Waals surface area contributed by atoms with E-state index in [1.54, 1.807) is 10.9 Å². The zero-order chi connectivity index (χ0) is 19.2. The second-order valence-corrected chi connectivity index (χ2v) is 6.67. The molecule has 1 N–H and O–H groups in total.